The molecule has 0 bridgehead atoms. The van der Waals surface area contributed by atoms with Crippen molar-refractivity contribution in [2.75, 3.05) is 13.7 Å². The minimum Gasteiger partial charge on any atom is -0.497 e. The van der Waals surface area contributed by atoms with Crippen molar-refractivity contribution in [3.05, 3.63) is 58.7 Å². The van der Waals surface area contributed by atoms with Gasteiger partial charge in [-0.15, -0.1) is 0 Å². The zero-order chi connectivity index (χ0) is 19.4. The third-order valence-corrected chi connectivity index (χ3v) is 5.11. The Hall–Kier alpha value is -2.79. The maximum absolute atomic E-state index is 13.2. The highest BCUT2D eigenvalue weighted by atomic mass is 16.5. The first-order valence-corrected chi connectivity index (χ1v) is 8.85. The molecule has 0 spiro atoms. The standard InChI is InChI=1S/C22H22O5/c1-13-11-14(25-4)5-7-17(13)22(24)12-26-19-15-9-10-21(2,3)27-18(15)8-6-16(19)20(22)23/h5-11,24H,12H2,1-4H3. The number of benzene rings is 2. The molecular formula is C22H22O5. The number of aliphatic hydroxyl groups is 1. The molecule has 2 aliphatic rings. The fourth-order valence-corrected chi connectivity index (χ4v) is 3.66. The second kappa shape index (κ2) is 5.86. The van der Waals surface area contributed by atoms with Crippen LogP contribution in [0.3, 0.4) is 0 Å². The number of rotatable bonds is 2. The Bertz CT molecular complexity index is 973. The Balaban J connectivity index is 1.78. The molecule has 2 aromatic rings. The molecule has 0 saturated carbocycles. The number of carbonyl (C=O) groups is 1. The van der Waals surface area contributed by atoms with Crippen molar-refractivity contribution in [3.8, 4) is 17.2 Å². The van der Waals surface area contributed by atoms with E-state index in [4.69, 9.17) is 14.2 Å². The lowest BCUT2D eigenvalue weighted by atomic mass is 9.81. The molecule has 5 nitrogen and oxygen atoms in total. The number of ketones is 1. The number of carbonyl (C=O) groups excluding carboxylic acids is 1. The highest BCUT2D eigenvalue weighted by molar-refractivity contribution is 6.07. The summed E-state index contributed by atoms with van der Waals surface area (Å²) in [6.45, 7) is 5.61. The summed E-state index contributed by atoms with van der Waals surface area (Å²) in [6.07, 6.45) is 3.84. The lowest BCUT2D eigenvalue weighted by Crippen LogP contribution is -2.45. The molecule has 2 aliphatic heterocycles. The first-order chi connectivity index (χ1) is 12.7. The molecule has 140 valence electrons. The second-order valence-corrected chi connectivity index (χ2v) is 7.55. The predicted molar refractivity (Wildman–Crippen MR) is 102 cm³/mol. The van der Waals surface area contributed by atoms with Gasteiger partial charge in [0.2, 0.25) is 5.78 Å². The van der Waals surface area contributed by atoms with Crippen LogP contribution in [-0.4, -0.2) is 30.2 Å². The molecule has 2 aromatic carbocycles. The molecule has 0 aromatic heterocycles. The normalized spacial score (nSPS) is 22.3. The van der Waals surface area contributed by atoms with Crippen LogP contribution in [-0.2, 0) is 5.60 Å². The van der Waals surface area contributed by atoms with Crippen LogP contribution in [0.15, 0.2) is 36.4 Å². The van der Waals surface area contributed by atoms with Gasteiger partial charge in [-0.2, -0.15) is 0 Å². The topological polar surface area (TPSA) is 65.0 Å². The summed E-state index contributed by atoms with van der Waals surface area (Å²) in [4.78, 5) is 13.2. The first-order valence-electron chi connectivity index (χ1n) is 8.85. The Labute approximate surface area is 158 Å². The van der Waals surface area contributed by atoms with E-state index in [1.54, 1.807) is 37.4 Å². The van der Waals surface area contributed by atoms with E-state index in [9.17, 15) is 9.90 Å². The Kier molecular flexibility index (Phi) is 3.82. The summed E-state index contributed by atoms with van der Waals surface area (Å²) >= 11 is 0. The number of Topliss-reactive ketones (excluding diaryl/α,β-unsaturated/α-hetero) is 1. The van der Waals surface area contributed by atoms with E-state index in [0.29, 0.717) is 28.4 Å². The second-order valence-electron chi connectivity index (χ2n) is 7.55. The number of aryl methyl sites for hydroxylation is 1. The lowest BCUT2D eigenvalue weighted by Gasteiger charge is -2.36. The molecule has 4 rings (SSSR count). The predicted octanol–water partition coefficient (Wildman–Crippen LogP) is 3.65. The zero-order valence-electron chi connectivity index (χ0n) is 15.8. The molecule has 1 atom stereocenters. The van der Waals surface area contributed by atoms with E-state index in [-0.39, 0.29) is 12.4 Å². The minimum atomic E-state index is -1.74. The van der Waals surface area contributed by atoms with E-state index < -0.39 is 11.2 Å². The van der Waals surface area contributed by atoms with Crippen LogP contribution in [0.1, 0.15) is 40.9 Å². The largest absolute Gasteiger partial charge is 0.497 e. The molecule has 1 unspecified atom stereocenters. The minimum absolute atomic E-state index is 0.153. The zero-order valence-corrected chi connectivity index (χ0v) is 15.8. The Morgan fingerprint density at radius 2 is 1.96 bits per heavy atom. The summed E-state index contributed by atoms with van der Waals surface area (Å²) in [6, 6.07) is 8.66. The van der Waals surface area contributed by atoms with Gasteiger partial charge in [-0.25, -0.2) is 0 Å². The van der Waals surface area contributed by atoms with Gasteiger partial charge >= 0.3 is 0 Å². The van der Waals surface area contributed by atoms with Gasteiger partial charge in [0.1, 0.15) is 29.5 Å². The van der Waals surface area contributed by atoms with E-state index in [1.165, 1.54) is 0 Å². The SMILES string of the molecule is COc1ccc(C2(O)COc3c(ccc4c3C=CC(C)(C)O4)C2=O)c(C)c1. The quantitative estimate of drug-likeness (QED) is 0.879. The lowest BCUT2D eigenvalue weighted by molar-refractivity contribution is -0.00567. The summed E-state index contributed by atoms with van der Waals surface area (Å²) < 4.78 is 17.1. The van der Waals surface area contributed by atoms with Crippen molar-refractivity contribution >= 4 is 11.9 Å². The highest BCUT2D eigenvalue weighted by Gasteiger charge is 2.46. The van der Waals surface area contributed by atoms with E-state index in [0.717, 1.165) is 11.1 Å². The fraction of sp³-hybridized carbons (Fsp3) is 0.318. The highest BCUT2D eigenvalue weighted by Crippen LogP contribution is 2.44. The first kappa shape index (κ1) is 17.6. The number of methoxy groups -OCH3 is 1. The third kappa shape index (κ3) is 2.70. The van der Waals surface area contributed by atoms with Crippen molar-refractivity contribution in [3.63, 3.8) is 0 Å². The van der Waals surface area contributed by atoms with Crippen LogP contribution in [0.25, 0.3) is 6.08 Å². The van der Waals surface area contributed by atoms with Crippen LogP contribution in [0, 0.1) is 6.92 Å². The molecular weight excluding hydrogens is 344 g/mol. The molecule has 0 amide bonds. The Morgan fingerprint density at radius 3 is 2.67 bits per heavy atom. The van der Waals surface area contributed by atoms with Crippen molar-refractivity contribution in [1.82, 2.24) is 0 Å². The molecule has 2 heterocycles. The summed E-state index contributed by atoms with van der Waals surface area (Å²) in [5.74, 6) is 1.42. The van der Waals surface area contributed by atoms with Gasteiger partial charge in [0.25, 0.3) is 0 Å². The van der Waals surface area contributed by atoms with Crippen molar-refractivity contribution in [1.29, 1.82) is 0 Å². The van der Waals surface area contributed by atoms with Gasteiger partial charge in [-0.1, -0.05) is 6.07 Å². The molecule has 0 radical (unpaired) electrons. The van der Waals surface area contributed by atoms with Gasteiger partial charge in [0.05, 0.1) is 18.2 Å². The average Bonchev–Trinajstić information content (AvgIpc) is 2.63. The van der Waals surface area contributed by atoms with Gasteiger partial charge in [0.15, 0.2) is 5.60 Å². The number of ether oxygens (including phenoxy) is 3. The monoisotopic (exact) mass is 366 g/mol. The molecule has 1 N–H and O–H groups in total. The summed E-state index contributed by atoms with van der Waals surface area (Å²) in [5, 5.41) is 11.2. The van der Waals surface area contributed by atoms with E-state index in [1.807, 2.05) is 32.9 Å². The molecule has 27 heavy (non-hydrogen) atoms. The van der Waals surface area contributed by atoms with Gasteiger partial charge in [0, 0.05) is 0 Å². The van der Waals surface area contributed by atoms with Crippen molar-refractivity contribution in [2.45, 2.75) is 32.0 Å². The van der Waals surface area contributed by atoms with Crippen LogP contribution >= 0.6 is 0 Å². The van der Waals surface area contributed by atoms with Crippen LogP contribution in [0.2, 0.25) is 0 Å². The van der Waals surface area contributed by atoms with Crippen LogP contribution in [0.4, 0.5) is 0 Å². The van der Waals surface area contributed by atoms with E-state index in [2.05, 4.69) is 0 Å². The number of fused-ring (bicyclic) bond motifs is 3. The summed E-state index contributed by atoms with van der Waals surface area (Å²) in [5.41, 5.74) is 0.209. The van der Waals surface area contributed by atoms with Crippen LogP contribution < -0.4 is 14.2 Å². The van der Waals surface area contributed by atoms with Gasteiger partial charge < -0.3 is 19.3 Å². The summed E-state index contributed by atoms with van der Waals surface area (Å²) in [7, 11) is 1.58. The molecule has 0 saturated heterocycles. The molecule has 5 heteroatoms. The van der Waals surface area contributed by atoms with Gasteiger partial charge in [-0.3, -0.25) is 4.79 Å². The Morgan fingerprint density at radius 1 is 1.19 bits per heavy atom. The van der Waals surface area contributed by atoms with E-state index >= 15 is 0 Å². The number of hydrogen-bond acceptors (Lipinski definition) is 5. The smallest absolute Gasteiger partial charge is 0.206 e. The van der Waals surface area contributed by atoms with Crippen LogP contribution in [0.5, 0.6) is 17.2 Å². The third-order valence-electron chi connectivity index (χ3n) is 5.11. The number of hydrogen-bond donors (Lipinski definition) is 1. The molecule has 0 aliphatic carbocycles. The fourth-order valence-electron chi connectivity index (χ4n) is 3.66. The average molecular weight is 366 g/mol. The maximum atomic E-state index is 13.2. The van der Waals surface area contributed by atoms with Crippen molar-refractivity contribution in [2.24, 2.45) is 0 Å². The molecule has 0 fully saturated rings. The van der Waals surface area contributed by atoms with Crippen molar-refractivity contribution < 1.29 is 24.1 Å². The maximum Gasteiger partial charge on any atom is 0.206 e. The van der Waals surface area contributed by atoms with Gasteiger partial charge in [-0.05, 0) is 68.3 Å².